The molecule has 0 spiro atoms. The molecule has 7 heteroatoms. The van der Waals surface area contributed by atoms with Gasteiger partial charge < -0.3 is 14.5 Å². The normalized spacial score (nSPS) is 11.1. The van der Waals surface area contributed by atoms with Crippen molar-refractivity contribution < 1.29 is 9.15 Å². The van der Waals surface area contributed by atoms with Crippen LogP contribution in [0.5, 0.6) is 11.8 Å². The van der Waals surface area contributed by atoms with Crippen molar-refractivity contribution in [1.82, 2.24) is 10.3 Å². The van der Waals surface area contributed by atoms with Crippen LogP contribution in [0.2, 0.25) is 15.1 Å². The Labute approximate surface area is 132 Å². The summed E-state index contributed by atoms with van der Waals surface area (Å²) in [4.78, 5) is 4.18. The Morgan fingerprint density at radius 1 is 1.20 bits per heavy atom. The molecule has 0 saturated carbocycles. The van der Waals surface area contributed by atoms with Gasteiger partial charge in [-0.15, -0.1) is 0 Å². The summed E-state index contributed by atoms with van der Waals surface area (Å²) in [6, 6.07) is 3.38. The molecule has 0 aliphatic rings. The average Bonchev–Trinajstić information content (AvgIpc) is 2.81. The van der Waals surface area contributed by atoms with E-state index >= 15 is 0 Å². The summed E-state index contributed by atoms with van der Waals surface area (Å²) in [5.41, 5.74) is 0.741. The quantitative estimate of drug-likeness (QED) is 0.787. The molecule has 4 nitrogen and oxygen atoms in total. The molecular formula is C13H13Cl3N2O2. The Morgan fingerprint density at radius 3 is 2.60 bits per heavy atom. The lowest BCUT2D eigenvalue weighted by atomic mass is 10.3. The summed E-state index contributed by atoms with van der Waals surface area (Å²) in [5.74, 6) is 0.339. The van der Waals surface area contributed by atoms with E-state index in [0.717, 1.165) is 5.69 Å². The van der Waals surface area contributed by atoms with Gasteiger partial charge >= 0.3 is 6.08 Å². The van der Waals surface area contributed by atoms with Crippen LogP contribution < -0.4 is 10.1 Å². The van der Waals surface area contributed by atoms with Gasteiger partial charge in [-0.2, -0.15) is 4.98 Å². The minimum Gasteiger partial charge on any atom is -0.417 e. The summed E-state index contributed by atoms with van der Waals surface area (Å²) in [6.45, 7) is 4.69. The van der Waals surface area contributed by atoms with Crippen LogP contribution in [0.15, 0.2) is 22.8 Å². The van der Waals surface area contributed by atoms with E-state index in [9.17, 15) is 0 Å². The van der Waals surface area contributed by atoms with Crippen LogP contribution in [0, 0.1) is 0 Å². The first-order chi connectivity index (χ1) is 9.45. The number of hydrogen-bond acceptors (Lipinski definition) is 4. The minimum atomic E-state index is 0.103. The third-order valence-electron chi connectivity index (χ3n) is 2.39. The monoisotopic (exact) mass is 334 g/mol. The summed E-state index contributed by atoms with van der Waals surface area (Å²) < 4.78 is 10.7. The van der Waals surface area contributed by atoms with Crippen molar-refractivity contribution in [2.24, 2.45) is 0 Å². The number of hydrogen-bond donors (Lipinski definition) is 1. The number of nitrogens with zero attached hydrogens (tertiary/aromatic N) is 1. The molecule has 20 heavy (non-hydrogen) atoms. The molecule has 1 aromatic carbocycles. The van der Waals surface area contributed by atoms with Gasteiger partial charge in [0.25, 0.3) is 0 Å². The van der Waals surface area contributed by atoms with Gasteiger partial charge in [0, 0.05) is 18.7 Å². The van der Waals surface area contributed by atoms with Crippen LogP contribution in [0.4, 0.5) is 0 Å². The second-order valence-electron chi connectivity index (χ2n) is 4.44. The maximum atomic E-state index is 6.01. The first kappa shape index (κ1) is 15.4. The number of aromatic nitrogens is 1. The second kappa shape index (κ2) is 6.68. The molecule has 1 N–H and O–H groups in total. The zero-order chi connectivity index (χ0) is 14.7. The van der Waals surface area contributed by atoms with Gasteiger partial charge in [0.1, 0.15) is 6.26 Å². The molecule has 2 aromatic rings. The third kappa shape index (κ3) is 4.03. The van der Waals surface area contributed by atoms with Crippen molar-refractivity contribution >= 4 is 34.8 Å². The fourth-order valence-electron chi connectivity index (χ4n) is 1.40. The molecule has 0 bridgehead atoms. The Morgan fingerprint density at radius 2 is 1.90 bits per heavy atom. The zero-order valence-corrected chi connectivity index (χ0v) is 13.2. The van der Waals surface area contributed by atoms with Crippen LogP contribution in [-0.4, -0.2) is 11.0 Å². The zero-order valence-electron chi connectivity index (χ0n) is 10.9. The number of halogens is 3. The fraction of sp³-hybridized carbons (Fsp3) is 0.308. The summed E-state index contributed by atoms with van der Waals surface area (Å²) in [6.07, 6.45) is 1.63. The highest BCUT2D eigenvalue weighted by Crippen LogP contribution is 2.36. The van der Waals surface area contributed by atoms with Gasteiger partial charge in [-0.25, -0.2) is 0 Å². The van der Waals surface area contributed by atoms with Crippen molar-refractivity contribution in [2.45, 2.75) is 26.4 Å². The van der Waals surface area contributed by atoms with E-state index < -0.39 is 0 Å². The van der Waals surface area contributed by atoms with Gasteiger partial charge in [0.2, 0.25) is 0 Å². The first-order valence-electron chi connectivity index (χ1n) is 5.96. The van der Waals surface area contributed by atoms with E-state index in [-0.39, 0.29) is 6.08 Å². The Balaban J connectivity index is 2.09. The molecule has 2 rings (SSSR count). The fourth-order valence-corrected chi connectivity index (χ4v) is 1.98. The van der Waals surface area contributed by atoms with Gasteiger partial charge in [-0.3, -0.25) is 0 Å². The molecule has 0 saturated heterocycles. The molecule has 0 unspecified atom stereocenters. The van der Waals surface area contributed by atoms with E-state index in [1.165, 1.54) is 18.4 Å². The lowest BCUT2D eigenvalue weighted by Crippen LogP contribution is -2.21. The Hall–Kier alpha value is -0.940. The van der Waals surface area contributed by atoms with E-state index in [0.29, 0.717) is 33.4 Å². The van der Waals surface area contributed by atoms with Crippen LogP contribution >= 0.6 is 34.8 Å². The van der Waals surface area contributed by atoms with Crippen LogP contribution in [0.25, 0.3) is 0 Å². The summed E-state index contributed by atoms with van der Waals surface area (Å²) in [7, 11) is 0. The van der Waals surface area contributed by atoms with Crippen molar-refractivity contribution in [3.8, 4) is 11.8 Å². The van der Waals surface area contributed by atoms with Gasteiger partial charge in [-0.1, -0.05) is 48.7 Å². The van der Waals surface area contributed by atoms with Crippen molar-refractivity contribution in [1.29, 1.82) is 0 Å². The molecule has 1 aromatic heterocycles. The number of nitrogens with one attached hydrogen (secondary N) is 1. The van der Waals surface area contributed by atoms with Crippen LogP contribution in [0.3, 0.4) is 0 Å². The van der Waals surface area contributed by atoms with Gasteiger partial charge in [-0.05, 0) is 6.07 Å². The SMILES string of the molecule is CC(C)NCc1coc(Oc2cc(Cl)c(Cl)cc2Cl)n1. The van der Waals surface area contributed by atoms with Gasteiger partial charge in [0.15, 0.2) is 5.75 Å². The maximum Gasteiger partial charge on any atom is 0.399 e. The molecule has 0 aliphatic heterocycles. The van der Waals surface area contributed by atoms with E-state index in [1.807, 2.05) is 13.8 Å². The molecule has 1 heterocycles. The van der Waals surface area contributed by atoms with Gasteiger partial charge in [0.05, 0.1) is 20.8 Å². The molecule has 0 amide bonds. The largest absolute Gasteiger partial charge is 0.417 e. The number of benzene rings is 1. The minimum absolute atomic E-state index is 0.103. The predicted molar refractivity (Wildman–Crippen MR) is 80.0 cm³/mol. The highest BCUT2D eigenvalue weighted by molar-refractivity contribution is 6.43. The smallest absolute Gasteiger partial charge is 0.399 e. The standard InChI is InChI=1S/C13H13Cl3N2O2/c1-7(2)17-5-8-6-19-13(18-8)20-12-4-10(15)9(14)3-11(12)16/h3-4,6-7,17H,5H2,1-2H3. The maximum absolute atomic E-state index is 6.01. The number of ether oxygens (including phenoxy) is 1. The second-order valence-corrected chi connectivity index (χ2v) is 5.66. The summed E-state index contributed by atoms with van der Waals surface area (Å²) in [5, 5.41) is 4.26. The van der Waals surface area contributed by atoms with E-state index in [2.05, 4.69) is 10.3 Å². The van der Waals surface area contributed by atoms with E-state index in [4.69, 9.17) is 44.0 Å². The lowest BCUT2D eigenvalue weighted by molar-refractivity contribution is 0.331. The number of oxazole rings is 1. The average molecular weight is 336 g/mol. The Kier molecular flexibility index (Phi) is 5.16. The summed E-state index contributed by atoms with van der Waals surface area (Å²) >= 11 is 17.8. The molecule has 0 radical (unpaired) electrons. The highest BCUT2D eigenvalue weighted by Gasteiger charge is 2.12. The molecule has 108 valence electrons. The lowest BCUT2D eigenvalue weighted by Gasteiger charge is -2.05. The first-order valence-corrected chi connectivity index (χ1v) is 7.09. The number of rotatable bonds is 5. The Bertz CT molecular complexity index is 599. The predicted octanol–water partition coefficient (Wildman–Crippen LogP) is 4.93. The molecule has 0 fully saturated rings. The van der Waals surface area contributed by atoms with E-state index in [1.54, 1.807) is 0 Å². The molecule has 0 atom stereocenters. The van der Waals surface area contributed by atoms with Crippen LogP contribution in [0.1, 0.15) is 19.5 Å². The van der Waals surface area contributed by atoms with Crippen molar-refractivity contribution in [3.63, 3.8) is 0 Å². The van der Waals surface area contributed by atoms with Crippen molar-refractivity contribution in [3.05, 3.63) is 39.2 Å². The topological polar surface area (TPSA) is 47.3 Å². The third-order valence-corrected chi connectivity index (χ3v) is 3.41. The molecule has 0 aliphatic carbocycles. The van der Waals surface area contributed by atoms with Crippen LogP contribution in [-0.2, 0) is 6.54 Å². The van der Waals surface area contributed by atoms with Crippen molar-refractivity contribution in [2.75, 3.05) is 0 Å². The highest BCUT2D eigenvalue weighted by atomic mass is 35.5. The molecular weight excluding hydrogens is 323 g/mol.